The molecule has 1 aliphatic carbocycles. The molecule has 0 bridgehead atoms. The molecule has 7 atom stereocenters. The number of H-pyrrole nitrogens is 1. The van der Waals surface area contributed by atoms with Gasteiger partial charge in [-0.05, 0) is 121 Å². The van der Waals surface area contributed by atoms with Gasteiger partial charge in [0.25, 0.3) is 11.4 Å². The number of anilines is 1. The van der Waals surface area contributed by atoms with Crippen LogP contribution in [0, 0.1) is 24.2 Å². The smallest absolute Gasteiger partial charge is 0.393 e. The van der Waals surface area contributed by atoms with Gasteiger partial charge in [-0.25, -0.2) is 4.98 Å². The summed E-state index contributed by atoms with van der Waals surface area (Å²) in [5, 5.41) is 22.8. The number of aryl methyl sites for hydroxylation is 4. The second-order valence-electron chi connectivity index (χ2n) is 23.7. The Morgan fingerprint density at radius 1 is 0.872 bits per heavy atom. The number of benzene rings is 4. The molecule has 1 fully saturated rings. The summed E-state index contributed by atoms with van der Waals surface area (Å²) in [5.74, 6) is -4.57. The number of ether oxygens (including phenoxy) is 1. The summed E-state index contributed by atoms with van der Waals surface area (Å²) in [4.78, 5) is 137. The molecule has 0 radical (unpaired) electrons. The third-order valence-electron chi connectivity index (χ3n) is 16.3. The zero-order valence-corrected chi connectivity index (χ0v) is 50.1. The Morgan fingerprint density at radius 2 is 1.57 bits per heavy atom. The molecule has 23 heteroatoms. The fourth-order valence-corrected chi connectivity index (χ4v) is 13.0. The number of amides is 6. The number of aromatic nitrogens is 2. The van der Waals surface area contributed by atoms with Gasteiger partial charge in [-0.1, -0.05) is 87.5 Å². The number of aliphatic hydroxyl groups excluding tert-OH is 1. The molecule has 0 saturated heterocycles. The average Bonchev–Trinajstić information content (AvgIpc) is 2.03. The van der Waals surface area contributed by atoms with Gasteiger partial charge in [-0.2, -0.15) is 0 Å². The van der Waals surface area contributed by atoms with Crippen LogP contribution < -0.4 is 31.9 Å². The lowest BCUT2D eigenvalue weighted by atomic mass is 9.77. The molecular weight excluding hydrogens is 1140 g/mol. The zero-order chi connectivity index (χ0) is 61.6. The number of nitrogens with one attached hydrogen (secondary N) is 5. The van der Waals surface area contributed by atoms with Gasteiger partial charge in [-0.3, -0.25) is 47.8 Å². The summed E-state index contributed by atoms with van der Waals surface area (Å²) < 4.78 is 17.7. The second kappa shape index (κ2) is 26.9. The van der Waals surface area contributed by atoms with Crippen LogP contribution in [0.15, 0.2) is 96.5 Å². The SMILES string of the molecule is Cc1ncsc1-c1ccc(CNC(=O)[C@@H]2C[C@@H](O)CC2C(=O)[C@@H](NC(=O)CCc2ccc(CCCOC[C@H](CCC(N)=O)NC(=O)[C@@H]3Cc4cccc5c4N3C(=O)[C@@H](NC(=O)c3cc4cc(C(=O)P(=O)(O)O)ccc4[nH]3)CC5)cc2)C(C)(C)C)cc1. The van der Waals surface area contributed by atoms with Gasteiger partial charge < -0.3 is 51.6 Å². The highest BCUT2D eigenvalue weighted by Crippen LogP contribution is 2.41. The zero-order valence-electron chi connectivity index (χ0n) is 48.4. The molecule has 4 aromatic carbocycles. The Bertz CT molecular complexity index is 3590. The van der Waals surface area contributed by atoms with Crippen LogP contribution in [-0.2, 0) is 70.3 Å². The van der Waals surface area contributed by atoms with Crippen molar-refractivity contribution in [2.24, 2.45) is 23.0 Å². The Balaban J connectivity index is 0.737. The third kappa shape index (κ3) is 15.1. The van der Waals surface area contributed by atoms with Crippen molar-refractivity contribution in [2.45, 2.75) is 135 Å². The van der Waals surface area contributed by atoms with E-state index in [9.17, 15) is 57.8 Å². The van der Waals surface area contributed by atoms with Gasteiger partial charge in [0.05, 0.1) is 52.5 Å². The van der Waals surface area contributed by atoms with E-state index in [1.54, 1.807) is 16.8 Å². The quantitative estimate of drug-likeness (QED) is 0.0233. The number of aliphatic hydroxyl groups is 1. The van der Waals surface area contributed by atoms with Gasteiger partial charge in [0, 0.05) is 54.8 Å². The van der Waals surface area contributed by atoms with Crippen LogP contribution in [0.1, 0.15) is 120 Å². The van der Waals surface area contributed by atoms with E-state index in [1.165, 1.54) is 29.2 Å². The number of hydrogen-bond acceptors (Lipinski definition) is 13. The molecule has 1 unspecified atom stereocenters. The maximum absolute atomic E-state index is 14.5. The fourth-order valence-electron chi connectivity index (χ4n) is 11.8. The van der Waals surface area contributed by atoms with E-state index < -0.39 is 84.3 Å². The van der Waals surface area contributed by atoms with E-state index in [-0.39, 0.29) is 87.0 Å². The monoisotopic (exact) mass is 1210 g/mol. The number of fused-ring (bicyclic) bond motifs is 1. The lowest BCUT2D eigenvalue weighted by Gasteiger charge is -2.33. The maximum atomic E-state index is 14.5. The van der Waals surface area contributed by atoms with Crippen molar-refractivity contribution in [3.63, 3.8) is 0 Å². The van der Waals surface area contributed by atoms with Crippen LogP contribution in [-0.4, -0.2) is 115 Å². The van der Waals surface area contributed by atoms with Gasteiger partial charge in [0.2, 0.25) is 29.5 Å². The number of thiazole rings is 1. The van der Waals surface area contributed by atoms with Crippen LogP contribution in [0.4, 0.5) is 5.69 Å². The molecule has 1 saturated carbocycles. The van der Waals surface area contributed by atoms with Crippen molar-refractivity contribution in [1.82, 2.24) is 31.2 Å². The number of Topliss-reactive ketones (excluding diaryl/α,β-unsaturated/α-hetero) is 1. The predicted octanol–water partition coefficient (Wildman–Crippen LogP) is 6.06. The first kappa shape index (κ1) is 62.8. The van der Waals surface area contributed by atoms with Crippen LogP contribution in [0.3, 0.4) is 0 Å². The van der Waals surface area contributed by atoms with Crippen molar-refractivity contribution < 1.29 is 62.6 Å². The minimum atomic E-state index is -5.05. The lowest BCUT2D eigenvalue weighted by molar-refractivity contribution is -0.137. The van der Waals surface area contributed by atoms with Crippen molar-refractivity contribution >= 4 is 82.3 Å². The van der Waals surface area contributed by atoms with E-state index in [4.69, 9.17) is 10.5 Å². The number of nitrogens with two attached hydrogens (primary N) is 1. The fraction of sp³-hybridized carbons (Fsp3) is 0.413. The number of hydrogen-bond donors (Lipinski definition) is 9. The van der Waals surface area contributed by atoms with Crippen molar-refractivity contribution in [2.75, 3.05) is 18.1 Å². The highest BCUT2D eigenvalue weighted by molar-refractivity contribution is 7.70. The van der Waals surface area contributed by atoms with E-state index in [1.807, 2.05) is 94.4 Å². The standard InChI is InChI=1S/C63H73N8O13PS/c1-35-56(86-34-66-35)40-17-14-38(15-18-40)32-65-58(76)47-31-45(72)30-46(47)55(75)57(63(2,3)4)70-53(74)25-16-37-12-10-36(11-13-37)7-6-26-84-33-44(21-24-52(64)73)67-60(78)51-29-41-9-5-8-39-19-23-49(61(79)71(51)54(39)41)69-59(77)50-28-43-27-42(20-22-48(43)68-50)62(80)85(81,82)83/h5,8-15,17-18,20,22,27-28,34,44-47,49,51,57,68,72H,6-7,16,19,21,23-26,29-33H2,1-4H3,(H2,64,73)(H,65,76)(H,67,78)(H,69,77)(H,70,74)(H2,81,82,83)/t44-,45-,46?,47+,49-,51-,57+/m0/s1. The minimum Gasteiger partial charge on any atom is -0.393 e. The summed E-state index contributed by atoms with van der Waals surface area (Å²) in [7, 11) is -5.05. The number of carbonyl (C=O) groups is 8. The number of rotatable bonds is 25. The molecule has 3 aliphatic rings. The molecule has 2 aliphatic heterocycles. The molecular formula is C63H73N8O13PS. The average molecular weight is 1210 g/mol. The molecule has 9 rings (SSSR count). The van der Waals surface area contributed by atoms with Crippen molar-refractivity contribution in [1.29, 1.82) is 0 Å². The van der Waals surface area contributed by atoms with E-state index >= 15 is 0 Å². The van der Waals surface area contributed by atoms with E-state index in [0.29, 0.717) is 48.9 Å². The summed E-state index contributed by atoms with van der Waals surface area (Å²) in [6.07, 6.45) is 2.27. The topological polar surface area (TPSA) is 330 Å². The lowest BCUT2D eigenvalue weighted by Crippen LogP contribution is -2.56. The minimum absolute atomic E-state index is 0.0306. The molecule has 21 nitrogen and oxygen atoms in total. The number of para-hydroxylation sites is 1. The van der Waals surface area contributed by atoms with Crippen LogP contribution in [0.2, 0.25) is 0 Å². The first-order valence-corrected chi connectivity index (χ1v) is 31.4. The van der Waals surface area contributed by atoms with Gasteiger partial charge in [0.1, 0.15) is 17.8 Å². The third-order valence-corrected chi connectivity index (χ3v) is 18.1. The summed E-state index contributed by atoms with van der Waals surface area (Å²) in [6, 6.07) is 23.1. The Kier molecular flexibility index (Phi) is 19.6. The molecule has 6 amide bonds. The summed E-state index contributed by atoms with van der Waals surface area (Å²) in [5.41, 5.74) is 12.6. The van der Waals surface area contributed by atoms with Crippen LogP contribution in [0.5, 0.6) is 0 Å². The van der Waals surface area contributed by atoms with Crippen molar-refractivity contribution in [3.8, 4) is 10.4 Å². The van der Waals surface area contributed by atoms with Crippen molar-refractivity contribution in [3.05, 3.63) is 141 Å². The molecule has 10 N–H and O–H groups in total. The van der Waals surface area contributed by atoms with E-state index in [2.05, 4.69) is 31.2 Å². The molecule has 86 heavy (non-hydrogen) atoms. The Labute approximate surface area is 501 Å². The molecule has 2 aromatic heterocycles. The molecule has 6 aromatic rings. The van der Waals surface area contributed by atoms with Gasteiger partial charge >= 0.3 is 7.60 Å². The number of carbonyl (C=O) groups excluding carboxylic acids is 8. The highest BCUT2D eigenvalue weighted by Gasteiger charge is 2.48. The maximum Gasteiger partial charge on any atom is 0.396 e. The van der Waals surface area contributed by atoms with Crippen LogP contribution >= 0.6 is 18.9 Å². The summed E-state index contributed by atoms with van der Waals surface area (Å²) >= 11 is 1.56. The summed E-state index contributed by atoms with van der Waals surface area (Å²) in [6.45, 7) is 8.20. The van der Waals surface area contributed by atoms with Gasteiger partial charge in [0.15, 0.2) is 5.78 Å². The molecule has 4 heterocycles. The van der Waals surface area contributed by atoms with Gasteiger partial charge in [-0.15, -0.1) is 11.3 Å². The second-order valence-corrected chi connectivity index (χ2v) is 26.1. The van der Waals surface area contributed by atoms with E-state index in [0.717, 1.165) is 44.0 Å². The predicted molar refractivity (Wildman–Crippen MR) is 323 cm³/mol. The number of aromatic amines is 1. The first-order valence-electron chi connectivity index (χ1n) is 28.9. The normalized spacial score (nSPS) is 19.1. The first-order chi connectivity index (χ1) is 40.9. The number of nitrogens with zero attached hydrogens (tertiary/aromatic N) is 2. The molecule has 454 valence electrons. The van der Waals surface area contributed by atoms with Crippen LogP contribution in [0.25, 0.3) is 21.3 Å². The Hall–Kier alpha value is -7.72. The largest absolute Gasteiger partial charge is 0.396 e. The number of ketones is 1. The molecule has 0 spiro atoms. The number of primary amides is 1. The Morgan fingerprint density at radius 3 is 2.26 bits per heavy atom. The highest BCUT2D eigenvalue weighted by atomic mass is 32.1.